The van der Waals surface area contributed by atoms with Gasteiger partial charge in [-0.15, -0.1) is 0 Å². The Balaban J connectivity index is 4.15. The SMILES string of the molecule is CCCN(CCN(C)C)CC(C)=CC(=O)O. The van der Waals surface area contributed by atoms with E-state index in [1.165, 1.54) is 6.08 Å². The summed E-state index contributed by atoms with van der Waals surface area (Å²) in [4.78, 5) is 14.9. The normalized spacial score (nSPS) is 12.5. The van der Waals surface area contributed by atoms with Crippen molar-refractivity contribution in [3.05, 3.63) is 11.6 Å². The fourth-order valence-corrected chi connectivity index (χ4v) is 1.54. The summed E-state index contributed by atoms with van der Waals surface area (Å²) >= 11 is 0. The first kappa shape index (κ1) is 15.1. The molecule has 0 aliphatic rings. The molecule has 0 heterocycles. The van der Waals surface area contributed by atoms with Gasteiger partial charge in [0.1, 0.15) is 0 Å². The summed E-state index contributed by atoms with van der Waals surface area (Å²) in [5.41, 5.74) is 0.903. The fourth-order valence-electron chi connectivity index (χ4n) is 1.54. The third-order valence-electron chi connectivity index (χ3n) is 2.25. The molecule has 0 aromatic heterocycles. The number of likely N-dealkylation sites (N-methyl/N-ethyl adjacent to an activating group) is 1. The van der Waals surface area contributed by atoms with Crippen molar-refractivity contribution >= 4 is 5.97 Å². The lowest BCUT2D eigenvalue weighted by Crippen LogP contribution is -2.33. The van der Waals surface area contributed by atoms with Crippen molar-refractivity contribution in [2.24, 2.45) is 0 Å². The molecule has 0 saturated carbocycles. The minimum atomic E-state index is -0.860. The van der Waals surface area contributed by atoms with Gasteiger partial charge in [0.05, 0.1) is 0 Å². The minimum Gasteiger partial charge on any atom is -0.478 e. The second-order valence-electron chi connectivity index (χ2n) is 4.41. The molecule has 0 radical (unpaired) electrons. The van der Waals surface area contributed by atoms with Crippen LogP contribution in [0.15, 0.2) is 11.6 Å². The molecule has 1 N–H and O–H groups in total. The largest absolute Gasteiger partial charge is 0.478 e. The van der Waals surface area contributed by atoms with Crippen LogP contribution in [0, 0.1) is 0 Å². The molecule has 0 aliphatic heterocycles. The van der Waals surface area contributed by atoms with Crippen molar-refractivity contribution in [2.45, 2.75) is 20.3 Å². The van der Waals surface area contributed by atoms with Gasteiger partial charge in [0, 0.05) is 25.7 Å². The molecule has 4 heteroatoms. The van der Waals surface area contributed by atoms with Gasteiger partial charge in [-0.2, -0.15) is 0 Å². The molecular formula is C12H24N2O2. The minimum absolute atomic E-state index is 0.744. The van der Waals surface area contributed by atoms with Gasteiger partial charge in [0.25, 0.3) is 0 Å². The standard InChI is InChI=1S/C12H24N2O2/c1-5-6-14(8-7-13(3)4)10-11(2)9-12(15)16/h9H,5-8,10H2,1-4H3,(H,15,16). The molecule has 0 spiro atoms. The van der Waals surface area contributed by atoms with Crippen LogP contribution in [0.1, 0.15) is 20.3 Å². The van der Waals surface area contributed by atoms with Crippen LogP contribution < -0.4 is 0 Å². The van der Waals surface area contributed by atoms with Crippen molar-refractivity contribution in [1.82, 2.24) is 9.80 Å². The molecule has 0 fully saturated rings. The molecule has 0 unspecified atom stereocenters. The Morgan fingerprint density at radius 1 is 1.25 bits per heavy atom. The molecule has 0 atom stereocenters. The number of nitrogens with zero attached hydrogens (tertiary/aromatic N) is 2. The molecular weight excluding hydrogens is 204 g/mol. The van der Waals surface area contributed by atoms with E-state index in [4.69, 9.17) is 5.11 Å². The van der Waals surface area contributed by atoms with E-state index in [9.17, 15) is 4.79 Å². The van der Waals surface area contributed by atoms with Gasteiger partial charge in [-0.25, -0.2) is 4.79 Å². The number of rotatable bonds is 8. The summed E-state index contributed by atoms with van der Waals surface area (Å²) in [7, 11) is 4.09. The first-order valence-corrected chi connectivity index (χ1v) is 5.73. The zero-order valence-corrected chi connectivity index (χ0v) is 10.9. The molecule has 0 amide bonds. The van der Waals surface area contributed by atoms with Crippen LogP contribution in [0.25, 0.3) is 0 Å². The molecule has 0 aliphatic carbocycles. The van der Waals surface area contributed by atoms with Gasteiger partial charge in [0.2, 0.25) is 0 Å². The molecule has 0 rings (SSSR count). The summed E-state index contributed by atoms with van der Waals surface area (Å²) in [6.07, 6.45) is 2.38. The third kappa shape index (κ3) is 8.44. The lowest BCUT2D eigenvalue weighted by Gasteiger charge is -2.23. The Hall–Kier alpha value is -0.870. The molecule has 94 valence electrons. The van der Waals surface area contributed by atoms with Crippen LogP contribution in [0.5, 0.6) is 0 Å². The average molecular weight is 228 g/mol. The predicted molar refractivity (Wildman–Crippen MR) is 66.7 cm³/mol. The zero-order chi connectivity index (χ0) is 12.6. The second-order valence-corrected chi connectivity index (χ2v) is 4.41. The molecule has 0 aromatic rings. The van der Waals surface area contributed by atoms with Crippen LogP contribution >= 0.6 is 0 Å². The third-order valence-corrected chi connectivity index (χ3v) is 2.25. The Morgan fingerprint density at radius 3 is 2.31 bits per heavy atom. The van der Waals surface area contributed by atoms with Gasteiger partial charge in [-0.1, -0.05) is 12.5 Å². The zero-order valence-electron chi connectivity index (χ0n) is 10.9. The van der Waals surface area contributed by atoms with Crippen molar-refractivity contribution in [3.63, 3.8) is 0 Å². The summed E-state index contributed by atoms with van der Waals surface area (Å²) in [5.74, 6) is -0.860. The first-order valence-electron chi connectivity index (χ1n) is 5.73. The topological polar surface area (TPSA) is 43.8 Å². The van der Waals surface area contributed by atoms with Gasteiger partial charge in [0.15, 0.2) is 0 Å². The second kappa shape index (κ2) is 8.30. The van der Waals surface area contributed by atoms with Crippen LogP contribution in [-0.2, 0) is 4.79 Å². The van der Waals surface area contributed by atoms with Crippen LogP contribution in [0.4, 0.5) is 0 Å². The van der Waals surface area contributed by atoms with Crippen molar-refractivity contribution in [3.8, 4) is 0 Å². The average Bonchev–Trinajstić information content (AvgIpc) is 2.13. The van der Waals surface area contributed by atoms with Crippen molar-refractivity contribution < 1.29 is 9.90 Å². The molecule has 16 heavy (non-hydrogen) atoms. The highest BCUT2D eigenvalue weighted by atomic mass is 16.4. The maximum absolute atomic E-state index is 10.5. The van der Waals surface area contributed by atoms with E-state index < -0.39 is 5.97 Å². The van der Waals surface area contributed by atoms with E-state index >= 15 is 0 Å². The van der Waals surface area contributed by atoms with E-state index in [-0.39, 0.29) is 0 Å². The summed E-state index contributed by atoms with van der Waals surface area (Å²) in [6.45, 7) is 7.74. The number of carbonyl (C=O) groups is 1. The Kier molecular flexibility index (Phi) is 7.85. The molecule has 0 saturated heterocycles. The number of hydrogen-bond acceptors (Lipinski definition) is 3. The smallest absolute Gasteiger partial charge is 0.328 e. The first-order chi connectivity index (χ1) is 7.45. The maximum atomic E-state index is 10.5. The maximum Gasteiger partial charge on any atom is 0.328 e. The number of carboxylic acids is 1. The lowest BCUT2D eigenvalue weighted by molar-refractivity contribution is -0.131. The van der Waals surface area contributed by atoms with E-state index in [2.05, 4.69) is 16.7 Å². The Bertz CT molecular complexity index is 237. The summed E-state index contributed by atoms with van der Waals surface area (Å²) < 4.78 is 0. The van der Waals surface area contributed by atoms with Gasteiger partial charge in [-0.3, -0.25) is 4.90 Å². The molecule has 0 aromatic carbocycles. The van der Waals surface area contributed by atoms with Crippen LogP contribution in [-0.4, -0.2) is 61.2 Å². The van der Waals surface area contributed by atoms with E-state index in [0.717, 1.165) is 38.2 Å². The Morgan fingerprint density at radius 2 is 1.88 bits per heavy atom. The van der Waals surface area contributed by atoms with Gasteiger partial charge in [-0.05, 0) is 34.0 Å². The fraction of sp³-hybridized carbons (Fsp3) is 0.750. The Labute approximate surface area is 98.5 Å². The summed E-state index contributed by atoms with van der Waals surface area (Å²) in [6, 6.07) is 0. The number of aliphatic carboxylic acids is 1. The molecule has 4 nitrogen and oxygen atoms in total. The number of carboxylic acid groups (broad SMARTS) is 1. The van der Waals surface area contributed by atoms with Crippen molar-refractivity contribution in [1.29, 1.82) is 0 Å². The van der Waals surface area contributed by atoms with E-state index in [0.29, 0.717) is 0 Å². The lowest BCUT2D eigenvalue weighted by atomic mass is 10.2. The van der Waals surface area contributed by atoms with E-state index in [1.54, 1.807) is 0 Å². The molecule has 0 bridgehead atoms. The predicted octanol–water partition coefficient (Wildman–Crippen LogP) is 1.29. The van der Waals surface area contributed by atoms with Gasteiger partial charge >= 0.3 is 5.97 Å². The highest BCUT2D eigenvalue weighted by Crippen LogP contribution is 2.00. The van der Waals surface area contributed by atoms with Crippen molar-refractivity contribution in [2.75, 3.05) is 40.3 Å². The summed E-state index contributed by atoms with van der Waals surface area (Å²) in [5, 5.41) is 8.64. The van der Waals surface area contributed by atoms with Crippen LogP contribution in [0.3, 0.4) is 0 Å². The number of hydrogen-bond donors (Lipinski definition) is 1. The van der Waals surface area contributed by atoms with Gasteiger partial charge < -0.3 is 10.0 Å². The highest BCUT2D eigenvalue weighted by Gasteiger charge is 2.05. The monoisotopic (exact) mass is 228 g/mol. The van der Waals surface area contributed by atoms with Crippen LogP contribution in [0.2, 0.25) is 0 Å². The van der Waals surface area contributed by atoms with E-state index in [1.807, 2.05) is 21.0 Å². The quantitative estimate of drug-likeness (QED) is 0.636. The highest BCUT2D eigenvalue weighted by molar-refractivity contribution is 5.80.